The van der Waals surface area contributed by atoms with Gasteiger partial charge in [-0.25, -0.2) is 4.98 Å². The first kappa shape index (κ1) is 21.9. The lowest BCUT2D eigenvalue weighted by molar-refractivity contribution is -0.132. The second-order valence-corrected chi connectivity index (χ2v) is 9.01. The SMILES string of the molecule is CCOc1ccc2nc(N3C(=O)C(=O)C(=C(O)c4ccccc4)C3c3ccc(C)cc3)sc2c1. The van der Waals surface area contributed by atoms with Crippen LogP contribution in [-0.4, -0.2) is 28.4 Å². The molecule has 0 spiro atoms. The summed E-state index contributed by atoms with van der Waals surface area (Å²) in [7, 11) is 0. The number of aliphatic hydroxyl groups excluding tert-OH is 1. The lowest BCUT2D eigenvalue weighted by Crippen LogP contribution is -2.29. The van der Waals surface area contributed by atoms with Crippen LogP contribution in [0.15, 0.2) is 78.4 Å². The molecule has 0 radical (unpaired) electrons. The Bertz CT molecular complexity index is 1420. The summed E-state index contributed by atoms with van der Waals surface area (Å²) in [5.41, 5.74) is 3.00. The van der Waals surface area contributed by atoms with Crippen LogP contribution in [0.2, 0.25) is 0 Å². The van der Waals surface area contributed by atoms with Gasteiger partial charge in [0.1, 0.15) is 11.5 Å². The molecule has 0 saturated carbocycles. The summed E-state index contributed by atoms with van der Waals surface area (Å²) < 4.78 is 6.43. The standard InChI is InChI=1S/C27H22N2O4S/c1-3-33-19-13-14-20-21(15-19)34-27(28-20)29-23(17-11-9-16(2)10-12-17)22(25(31)26(29)32)24(30)18-7-5-4-6-8-18/h4-15,23,30H,3H2,1-2H3. The summed E-state index contributed by atoms with van der Waals surface area (Å²) in [4.78, 5) is 32.6. The molecule has 170 valence electrons. The molecule has 34 heavy (non-hydrogen) atoms. The summed E-state index contributed by atoms with van der Waals surface area (Å²) in [5.74, 6) is -0.938. The number of ether oxygens (including phenoxy) is 1. The van der Waals surface area contributed by atoms with E-state index in [4.69, 9.17) is 4.74 Å². The minimum absolute atomic E-state index is 0.0503. The monoisotopic (exact) mass is 470 g/mol. The van der Waals surface area contributed by atoms with Crippen LogP contribution in [-0.2, 0) is 9.59 Å². The van der Waals surface area contributed by atoms with Gasteiger partial charge in [0.05, 0.1) is 28.4 Å². The summed E-state index contributed by atoms with van der Waals surface area (Å²) in [6.45, 7) is 4.42. The van der Waals surface area contributed by atoms with Crippen LogP contribution >= 0.6 is 11.3 Å². The van der Waals surface area contributed by atoms with Crippen molar-refractivity contribution < 1.29 is 19.4 Å². The molecule has 7 heteroatoms. The van der Waals surface area contributed by atoms with Crippen molar-refractivity contribution in [3.8, 4) is 5.75 Å². The van der Waals surface area contributed by atoms with E-state index in [9.17, 15) is 14.7 Å². The third-order valence-corrected chi connectivity index (χ3v) is 6.77. The second-order valence-electron chi connectivity index (χ2n) is 8.00. The molecular weight excluding hydrogens is 448 g/mol. The number of aliphatic hydroxyl groups is 1. The molecule has 4 aromatic rings. The number of aromatic nitrogens is 1. The Balaban J connectivity index is 1.69. The van der Waals surface area contributed by atoms with E-state index < -0.39 is 17.7 Å². The first-order valence-electron chi connectivity index (χ1n) is 10.9. The smallest absolute Gasteiger partial charge is 0.301 e. The quantitative estimate of drug-likeness (QED) is 0.232. The Morgan fingerprint density at radius 3 is 2.50 bits per heavy atom. The van der Waals surface area contributed by atoms with Crippen molar-refractivity contribution in [1.82, 2.24) is 4.98 Å². The summed E-state index contributed by atoms with van der Waals surface area (Å²) >= 11 is 1.31. The minimum Gasteiger partial charge on any atom is -0.507 e. The van der Waals surface area contributed by atoms with E-state index in [2.05, 4.69) is 4.98 Å². The second kappa shape index (κ2) is 8.76. The number of hydrogen-bond donors (Lipinski definition) is 1. The molecule has 5 rings (SSSR count). The number of fused-ring (bicyclic) bond motifs is 1. The largest absolute Gasteiger partial charge is 0.507 e. The Morgan fingerprint density at radius 2 is 1.79 bits per heavy atom. The Labute approximate surface area is 200 Å². The highest BCUT2D eigenvalue weighted by Crippen LogP contribution is 2.44. The van der Waals surface area contributed by atoms with Gasteiger partial charge in [-0.1, -0.05) is 71.5 Å². The van der Waals surface area contributed by atoms with Crippen LogP contribution in [0.1, 0.15) is 29.7 Å². The molecule has 1 amide bonds. The molecule has 1 fully saturated rings. The third-order valence-electron chi connectivity index (χ3n) is 5.75. The lowest BCUT2D eigenvalue weighted by atomic mass is 9.95. The Hall–Kier alpha value is -3.97. The predicted molar refractivity (Wildman–Crippen MR) is 133 cm³/mol. The van der Waals surface area contributed by atoms with E-state index in [1.807, 2.05) is 62.4 Å². The van der Waals surface area contributed by atoms with Crippen molar-refractivity contribution in [3.05, 3.63) is 95.1 Å². The zero-order valence-electron chi connectivity index (χ0n) is 18.7. The van der Waals surface area contributed by atoms with Gasteiger partial charge in [-0.2, -0.15) is 0 Å². The summed E-state index contributed by atoms with van der Waals surface area (Å²) in [5, 5.41) is 11.5. The van der Waals surface area contributed by atoms with Crippen molar-refractivity contribution in [2.45, 2.75) is 19.9 Å². The molecule has 6 nitrogen and oxygen atoms in total. The number of carbonyl (C=O) groups is 2. The highest BCUT2D eigenvalue weighted by atomic mass is 32.1. The number of carbonyl (C=O) groups excluding carboxylic acids is 2. The van der Waals surface area contributed by atoms with Gasteiger partial charge in [-0.3, -0.25) is 14.5 Å². The fraction of sp³-hybridized carbons (Fsp3) is 0.148. The van der Waals surface area contributed by atoms with Gasteiger partial charge < -0.3 is 9.84 Å². The number of nitrogens with zero attached hydrogens (tertiary/aromatic N) is 2. The molecular formula is C27H22N2O4S. The molecule has 3 aromatic carbocycles. The van der Waals surface area contributed by atoms with E-state index >= 15 is 0 Å². The molecule has 0 bridgehead atoms. The number of amides is 1. The summed E-state index contributed by atoms with van der Waals surface area (Å²) in [6, 6.07) is 21.1. The van der Waals surface area contributed by atoms with Crippen molar-refractivity contribution in [2.75, 3.05) is 11.5 Å². The normalized spacial score (nSPS) is 17.5. The van der Waals surface area contributed by atoms with Crippen molar-refractivity contribution >= 4 is 44.1 Å². The Kier molecular flexibility index (Phi) is 5.63. The van der Waals surface area contributed by atoms with Gasteiger partial charge >= 0.3 is 5.91 Å². The average Bonchev–Trinajstić information content (AvgIpc) is 3.38. The number of rotatable bonds is 5. The minimum atomic E-state index is -0.798. The van der Waals surface area contributed by atoms with E-state index in [0.717, 1.165) is 15.8 Å². The molecule has 1 N–H and O–H groups in total. The van der Waals surface area contributed by atoms with E-state index in [1.54, 1.807) is 24.3 Å². The number of Topliss-reactive ketones (excluding diaryl/α,β-unsaturated/α-hetero) is 1. The van der Waals surface area contributed by atoms with Gasteiger partial charge in [0.15, 0.2) is 5.13 Å². The van der Waals surface area contributed by atoms with Crippen LogP contribution < -0.4 is 9.64 Å². The zero-order valence-corrected chi connectivity index (χ0v) is 19.5. The highest BCUT2D eigenvalue weighted by Gasteiger charge is 2.48. The first-order valence-corrected chi connectivity index (χ1v) is 11.8. The fourth-order valence-corrected chi connectivity index (χ4v) is 5.12. The average molecular weight is 471 g/mol. The molecule has 2 heterocycles. The summed E-state index contributed by atoms with van der Waals surface area (Å²) in [6.07, 6.45) is 0. The topological polar surface area (TPSA) is 79.7 Å². The number of thiazole rings is 1. The van der Waals surface area contributed by atoms with Crippen LogP contribution in [0.4, 0.5) is 5.13 Å². The van der Waals surface area contributed by atoms with Gasteiger partial charge in [0.2, 0.25) is 0 Å². The lowest BCUT2D eigenvalue weighted by Gasteiger charge is -2.23. The van der Waals surface area contributed by atoms with Crippen molar-refractivity contribution in [3.63, 3.8) is 0 Å². The highest BCUT2D eigenvalue weighted by molar-refractivity contribution is 7.22. The van der Waals surface area contributed by atoms with Gasteiger partial charge in [0, 0.05) is 5.56 Å². The predicted octanol–water partition coefficient (Wildman–Crippen LogP) is 5.63. The molecule has 1 aromatic heterocycles. The van der Waals surface area contributed by atoms with Gasteiger partial charge in [-0.05, 0) is 37.6 Å². The van der Waals surface area contributed by atoms with Crippen LogP contribution in [0.5, 0.6) is 5.75 Å². The van der Waals surface area contributed by atoms with Crippen LogP contribution in [0, 0.1) is 6.92 Å². The van der Waals surface area contributed by atoms with Gasteiger partial charge in [-0.15, -0.1) is 0 Å². The van der Waals surface area contributed by atoms with Crippen molar-refractivity contribution in [2.24, 2.45) is 0 Å². The molecule has 1 aliphatic rings. The third kappa shape index (κ3) is 3.74. The first-order chi connectivity index (χ1) is 16.5. The number of benzene rings is 3. The van der Waals surface area contributed by atoms with E-state index in [1.165, 1.54) is 16.2 Å². The Morgan fingerprint density at radius 1 is 1.06 bits per heavy atom. The molecule has 1 unspecified atom stereocenters. The van der Waals surface area contributed by atoms with E-state index in [-0.39, 0.29) is 11.3 Å². The molecule has 0 aliphatic carbocycles. The van der Waals surface area contributed by atoms with E-state index in [0.29, 0.717) is 28.6 Å². The molecule has 1 saturated heterocycles. The molecule has 1 aliphatic heterocycles. The maximum Gasteiger partial charge on any atom is 0.301 e. The number of hydrogen-bond acceptors (Lipinski definition) is 6. The van der Waals surface area contributed by atoms with Crippen molar-refractivity contribution in [1.29, 1.82) is 0 Å². The van der Waals surface area contributed by atoms with Crippen LogP contribution in [0.25, 0.3) is 16.0 Å². The number of aryl methyl sites for hydroxylation is 1. The fourth-order valence-electron chi connectivity index (χ4n) is 4.10. The van der Waals surface area contributed by atoms with Gasteiger partial charge in [0.25, 0.3) is 5.78 Å². The number of ketones is 1. The van der Waals surface area contributed by atoms with Crippen LogP contribution in [0.3, 0.4) is 0 Å². The number of anilines is 1. The zero-order chi connectivity index (χ0) is 23.8. The maximum atomic E-state index is 13.3. The maximum absolute atomic E-state index is 13.3. The molecule has 1 atom stereocenters.